The van der Waals surface area contributed by atoms with E-state index in [0.29, 0.717) is 0 Å². The van der Waals surface area contributed by atoms with E-state index in [0.717, 1.165) is 0 Å². The first-order valence-electron chi connectivity index (χ1n) is 1.47. The fraction of sp³-hybridized carbons (Fsp3) is 1.00. The standard InChI is InChI=1S/C3H7At/c1-2-3-4/h2-3H2,1H3. The third-order valence-electron chi connectivity index (χ3n) is 0.189. The molecule has 0 aliphatic heterocycles. The normalized spacial score (nSPS) is 7.50. The van der Waals surface area contributed by atoms with Gasteiger partial charge >= 0.3 is 42.2 Å². The second kappa shape index (κ2) is 3.88. The van der Waals surface area contributed by atoms with Crippen LogP contribution in [0.5, 0.6) is 0 Å². The zero-order valence-corrected chi connectivity index (χ0v) is 5.73. The van der Waals surface area contributed by atoms with Crippen molar-refractivity contribution in [2.75, 3.05) is 0 Å². The summed E-state index contributed by atoms with van der Waals surface area (Å²) in [5.74, 6) is 0. The fourth-order valence-electron chi connectivity index (χ4n) is 0. The molecule has 0 radical (unpaired) electrons. The first-order valence-corrected chi connectivity index (χ1v) is 3.55. The molecule has 0 saturated heterocycles. The van der Waals surface area contributed by atoms with Crippen molar-refractivity contribution in [2.24, 2.45) is 0 Å². The molecule has 0 atom stereocenters. The maximum absolute atomic E-state index is 2.19. The molecule has 0 unspecified atom stereocenters. The van der Waals surface area contributed by atoms with E-state index in [1.54, 1.807) is 0 Å². The molecule has 1 heteroatoms. The van der Waals surface area contributed by atoms with Gasteiger partial charge in [-0.25, -0.2) is 0 Å². The predicted octanol–water partition coefficient (Wildman–Crippen LogP) is 1.36. The number of hydrogen-bond donors (Lipinski definition) is 0. The quantitative estimate of drug-likeness (QED) is 0.662. The molecule has 0 aliphatic carbocycles. The Morgan fingerprint density at radius 1 is 1.75 bits per heavy atom. The molecule has 0 rings (SSSR count). The molecule has 0 aromatic heterocycles. The summed E-state index contributed by atoms with van der Waals surface area (Å²) in [5, 5.41) is 0. The van der Waals surface area contributed by atoms with E-state index < -0.39 is 0 Å². The molecule has 0 fully saturated rings. The van der Waals surface area contributed by atoms with Gasteiger partial charge in [-0.05, 0) is 0 Å². The average molecular weight is 253 g/mol. The first kappa shape index (κ1) is 4.88. The Labute approximate surface area is 42.4 Å². The summed E-state index contributed by atoms with van der Waals surface area (Å²) in [6, 6.07) is 0. The van der Waals surface area contributed by atoms with Crippen LogP contribution < -0.4 is 0 Å². The van der Waals surface area contributed by atoms with Gasteiger partial charge in [-0.3, -0.25) is 0 Å². The topological polar surface area (TPSA) is 0 Å². The summed E-state index contributed by atoms with van der Waals surface area (Å²) in [4.78, 5) is 0. The van der Waals surface area contributed by atoms with Crippen LogP contribution in [0.25, 0.3) is 0 Å². The van der Waals surface area contributed by atoms with Gasteiger partial charge in [0.25, 0.3) is 0 Å². The summed E-state index contributed by atoms with van der Waals surface area (Å²) in [5.41, 5.74) is 0. The molecule has 0 bridgehead atoms. The van der Waals surface area contributed by atoms with Crippen molar-refractivity contribution in [1.29, 1.82) is 0 Å². The second-order valence-electron chi connectivity index (χ2n) is 0.689. The van der Waals surface area contributed by atoms with Crippen molar-refractivity contribution >= 4 is 0 Å². The van der Waals surface area contributed by atoms with E-state index >= 15 is 0 Å². The maximum atomic E-state index is 2.19. The van der Waals surface area contributed by atoms with Crippen molar-refractivity contribution in [2.45, 2.75) is 17.5 Å². The molecule has 0 aromatic carbocycles. The van der Waals surface area contributed by atoms with E-state index in [-0.39, 0.29) is 0 Å². The van der Waals surface area contributed by atoms with E-state index in [1.807, 2.05) is 24.7 Å². The molecule has 0 aromatic rings. The number of rotatable bonds is 1. The van der Waals surface area contributed by atoms with Gasteiger partial charge in [0.05, 0.1) is 0 Å². The van der Waals surface area contributed by atoms with Gasteiger partial charge < -0.3 is 0 Å². The molecule has 0 saturated carbocycles. The van der Waals surface area contributed by atoms with Gasteiger partial charge in [0.2, 0.25) is 0 Å². The minimum absolute atomic E-state index is 1.34. The van der Waals surface area contributed by atoms with Gasteiger partial charge in [-0.15, -0.1) is 0 Å². The Morgan fingerprint density at radius 2 is 2.00 bits per heavy atom. The van der Waals surface area contributed by atoms with Crippen LogP contribution in [0.4, 0.5) is 0 Å². The van der Waals surface area contributed by atoms with Gasteiger partial charge in [-0.1, -0.05) is 0 Å². The van der Waals surface area contributed by atoms with Crippen LogP contribution in [0.3, 0.4) is 0 Å². The van der Waals surface area contributed by atoms with E-state index in [1.165, 1.54) is 10.5 Å². The van der Waals surface area contributed by atoms with Crippen molar-refractivity contribution < 1.29 is 24.7 Å². The second-order valence-corrected chi connectivity index (χ2v) is 2.16. The van der Waals surface area contributed by atoms with Gasteiger partial charge in [0.1, 0.15) is 0 Å². The minimum atomic E-state index is 1.34. The van der Waals surface area contributed by atoms with E-state index in [4.69, 9.17) is 0 Å². The zero-order valence-electron chi connectivity index (χ0n) is 2.79. The van der Waals surface area contributed by atoms with Crippen molar-refractivity contribution in [3.05, 3.63) is 0 Å². The Bertz CT molecular complexity index is 5.25. The van der Waals surface area contributed by atoms with Crippen LogP contribution in [0, 0.1) is 24.7 Å². The van der Waals surface area contributed by atoms with Crippen LogP contribution in [0.2, 0.25) is 4.13 Å². The summed E-state index contributed by atoms with van der Waals surface area (Å²) >= 11 is 1.86. The Kier molecular flexibility index (Phi) is 4.74. The zero-order chi connectivity index (χ0) is 3.41. The van der Waals surface area contributed by atoms with Crippen molar-refractivity contribution in [1.82, 2.24) is 0 Å². The van der Waals surface area contributed by atoms with Crippen LogP contribution in [0.1, 0.15) is 13.3 Å². The summed E-state index contributed by atoms with van der Waals surface area (Å²) in [7, 11) is 0. The molecule has 26 valence electrons. The van der Waals surface area contributed by atoms with Crippen LogP contribution in [-0.2, 0) is 0 Å². The van der Waals surface area contributed by atoms with E-state index in [2.05, 4.69) is 6.92 Å². The third kappa shape index (κ3) is 2.88. The van der Waals surface area contributed by atoms with Crippen molar-refractivity contribution in [3.63, 3.8) is 0 Å². The Balaban J connectivity index is 1.97. The number of hydrogen-bond acceptors (Lipinski definition) is 0. The predicted molar refractivity (Wildman–Crippen MR) is 15.1 cm³/mol. The van der Waals surface area contributed by atoms with E-state index in [9.17, 15) is 0 Å². The summed E-state index contributed by atoms with van der Waals surface area (Å²) in [6.45, 7) is 2.19. The first-order chi connectivity index (χ1) is 1.91. The molecule has 0 N–H and O–H groups in total. The molecule has 0 spiro atoms. The molecular formula is C3H7At. The third-order valence-corrected chi connectivity index (χ3v) is 1.66. The van der Waals surface area contributed by atoms with Crippen LogP contribution in [0.15, 0.2) is 0 Å². The molecule has 4 heavy (non-hydrogen) atoms. The molecule has 0 nitrogen and oxygen atoms in total. The Morgan fingerprint density at radius 3 is 2.00 bits per heavy atom. The van der Waals surface area contributed by atoms with Gasteiger partial charge in [0, 0.05) is 0 Å². The average Bonchev–Trinajstić information content (AvgIpc) is 1.37. The van der Waals surface area contributed by atoms with Gasteiger partial charge in [0.15, 0.2) is 0 Å². The monoisotopic (exact) mass is 253 g/mol. The molecule has 0 heterocycles. The van der Waals surface area contributed by atoms with Gasteiger partial charge in [-0.2, -0.15) is 0 Å². The molecular weight excluding hydrogens is 246 g/mol. The summed E-state index contributed by atoms with van der Waals surface area (Å²) in [6.07, 6.45) is 1.34. The van der Waals surface area contributed by atoms with Crippen LogP contribution >= 0.6 is 0 Å². The molecule has 0 aliphatic rings. The molecule has 0 amide bonds. The Hall–Kier alpha value is 0.883. The SMILES string of the molecule is CCC[At]. The fourth-order valence-corrected chi connectivity index (χ4v) is 0. The van der Waals surface area contributed by atoms with Crippen molar-refractivity contribution in [3.8, 4) is 0 Å². The summed E-state index contributed by atoms with van der Waals surface area (Å²) < 4.78 is 1.38. The van der Waals surface area contributed by atoms with Crippen LogP contribution in [-0.4, -0.2) is 0 Å².